The Hall–Kier alpha value is -3.35. The zero-order chi connectivity index (χ0) is 23.9. The quantitative estimate of drug-likeness (QED) is 0.416. The Morgan fingerprint density at radius 2 is 2.12 bits per heavy atom. The van der Waals surface area contributed by atoms with Crippen molar-refractivity contribution in [1.82, 2.24) is 19.2 Å². The highest BCUT2D eigenvalue weighted by atomic mass is 32.2. The second-order valence-corrected chi connectivity index (χ2v) is 10.2. The standard InChI is InChI=1S/C22H20FN5O4S2/c1-13(15-6-2-3-7-16(15)14-5-4-8-24-11-14)28-18-9-17(23)20(10-19(18)32-22(28)29)34(30,31)27-21-25-12-26-33-21/h2-3,5-7,9-10,12-13,24H,4,8,11H2,1H3,(H,25,26,27). The van der Waals surface area contributed by atoms with E-state index in [-0.39, 0.29) is 16.2 Å². The van der Waals surface area contributed by atoms with Crippen LogP contribution < -0.4 is 15.8 Å². The van der Waals surface area contributed by atoms with Crippen LogP contribution in [0.3, 0.4) is 0 Å². The second kappa shape index (κ2) is 8.78. The molecule has 1 aliphatic heterocycles. The van der Waals surface area contributed by atoms with Crippen molar-refractivity contribution in [1.29, 1.82) is 0 Å². The molecule has 0 saturated carbocycles. The first-order valence-corrected chi connectivity index (χ1v) is 12.7. The molecule has 34 heavy (non-hydrogen) atoms. The number of nitrogens with zero attached hydrogens (tertiary/aromatic N) is 3. The van der Waals surface area contributed by atoms with E-state index in [9.17, 15) is 13.2 Å². The van der Waals surface area contributed by atoms with E-state index >= 15 is 4.39 Å². The van der Waals surface area contributed by atoms with Gasteiger partial charge in [0.15, 0.2) is 5.58 Å². The van der Waals surface area contributed by atoms with Crippen LogP contribution in [-0.2, 0) is 10.0 Å². The molecule has 0 spiro atoms. The fourth-order valence-corrected chi connectivity index (χ4v) is 5.88. The van der Waals surface area contributed by atoms with Crippen LogP contribution in [0.15, 0.2) is 62.9 Å². The van der Waals surface area contributed by atoms with E-state index < -0.39 is 32.5 Å². The number of sulfonamides is 1. The number of nitrogens with one attached hydrogen (secondary N) is 2. The Morgan fingerprint density at radius 3 is 2.85 bits per heavy atom. The summed E-state index contributed by atoms with van der Waals surface area (Å²) < 4.78 is 53.0. The SMILES string of the molecule is CC(c1ccccc1C1=CCCNC1)n1c(=O)oc2cc(S(=O)(=O)Nc3ncns3)c(F)cc21. The third kappa shape index (κ3) is 4.04. The van der Waals surface area contributed by atoms with Crippen molar-refractivity contribution in [2.24, 2.45) is 0 Å². The van der Waals surface area contributed by atoms with E-state index in [1.165, 1.54) is 10.9 Å². The largest absolute Gasteiger partial charge is 0.420 e. The molecule has 1 atom stereocenters. The van der Waals surface area contributed by atoms with Gasteiger partial charge in [-0.05, 0) is 36.6 Å². The summed E-state index contributed by atoms with van der Waals surface area (Å²) in [5.41, 5.74) is 3.11. The Labute approximate surface area is 198 Å². The summed E-state index contributed by atoms with van der Waals surface area (Å²) in [7, 11) is -4.31. The molecular formula is C22H20FN5O4S2. The van der Waals surface area contributed by atoms with Crippen LogP contribution in [0, 0.1) is 5.82 Å². The maximum atomic E-state index is 15.0. The van der Waals surface area contributed by atoms with E-state index in [0.717, 1.165) is 53.3 Å². The summed E-state index contributed by atoms with van der Waals surface area (Å²) in [5.74, 6) is -1.72. The second-order valence-electron chi connectivity index (χ2n) is 7.80. The molecule has 1 aliphatic rings. The van der Waals surface area contributed by atoms with E-state index in [4.69, 9.17) is 4.42 Å². The molecule has 0 aliphatic carbocycles. The predicted molar refractivity (Wildman–Crippen MR) is 127 cm³/mol. The molecule has 0 bridgehead atoms. The van der Waals surface area contributed by atoms with Gasteiger partial charge in [0.1, 0.15) is 17.0 Å². The molecule has 5 rings (SSSR count). The summed E-state index contributed by atoms with van der Waals surface area (Å²) in [6.07, 6.45) is 4.25. The Morgan fingerprint density at radius 1 is 1.29 bits per heavy atom. The third-order valence-corrected chi connectivity index (χ3v) is 7.77. The van der Waals surface area contributed by atoms with Crippen LogP contribution in [0.2, 0.25) is 0 Å². The zero-order valence-corrected chi connectivity index (χ0v) is 19.6. The highest BCUT2D eigenvalue weighted by Gasteiger charge is 2.26. The number of rotatable bonds is 6. The molecular weight excluding hydrogens is 481 g/mol. The summed E-state index contributed by atoms with van der Waals surface area (Å²) in [4.78, 5) is 15.9. The van der Waals surface area contributed by atoms with Gasteiger partial charge in [-0.15, -0.1) is 0 Å². The first kappa shape index (κ1) is 22.4. The number of anilines is 1. The normalized spacial score (nSPS) is 15.3. The van der Waals surface area contributed by atoms with Crippen LogP contribution in [0.25, 0.3) is 16.7 Å². The van der Waals surface area contributed by atoms with Crippen LogP contribution >= 0.6 is 11.5 Å². The van der Waals surface area contributed by atoms with Crippen LogP contribution in [0.5, 0.6) is 0 Å². The van der Waals surface area contributed by atoms with Gasteiger partial charge < -0.3 is 9.73 Å². The first-order valence-electron chi connectivity index (χ1n) is 10.5. The minimum atomic E-state index is -4.31. The first-order chi connectivity index (χ1) is 16.3. The van der Waals surface area contributed by atoms with E-state index in [2.05, 4.69) is 25.5 Å². The lowest BCUT2D eigenvalue weighted by atomic mass is 9.93. The van der Waals surface area contributed by atoms with Gasteiger partial charge in [0, 0.05) is 30.2 Å². The Kier molecular flexibility index (Phi) is 5.80. The molecule has 0 radical (unpaired) electrons. The van der Waals surface area contributed by atoms with E-state index in [1.54, 1.807) is 0 Å². The highest BCUT2D eigenvalue weighted by molar-refractivity contribution is 7.93. The van der Waals surface area contributed by atoms with Crippen molar-refractivity contribution >= 4 is 43.4 Å². The van der Waals surface area contributed by atoms with Gasteiger partial charge in [-0.1, -0.05) is 30.3 Å². The number of oxazole rings is 1. The Bertz CT molecular complexity index is 1560. The maximum Gasteiger partial charge on any atom is 0.420 e. The fourth-order valence-electron chi connectivity index (χ4n) is 4.14. The number of benzene rings is 2. The average molecular weight is 502 g/mol. The van der Waals surface area contributed by atoms with Gasteiger partial charge in [-0.25, -0.2) is 22.6 Å². The molecule has 3 heterocycles. The van der Waals surface area contributed by atoms with Gasteiger partial charge in [0.25, 0.3) is 10.0 Å². The average Bonchev–Trinajstić information content (AvgIpc) is 3.44. The molecule has 12 heteroatoms. The number of fused-ring (bicyclic) bond motifs is 1. The lowest BCUT2D eigenvalue weighted by molar-refractivity contribution is 0.489. The summed E-state index contributed by atoms with van der Waals surface area (Å²) in [5, 5.41) is 3.34. The molecule has 0 saturated heterocycles. The van der Waals surface area contributed by atoms with Gasteiger partial charge in [0.05, 0.1) is 11.6 Å². The molecule has 176 valence electrons. The zero-order valence-electron chi connectivity index (χ0n) is 18.0. The highest BCUT2D eigenvalue weighted by Crippen LogP contribution is 2.31. The smallest absolute Gasteiger partial charge is 0.408 e. The molecule has 0 amide bonds. The maximum absolute atomic E-state index is 15.0. The third-order valence-electron chi connectivity index (χ3n) is 5.71. The van der Waals surface area contributed by atoms with Gasteiger partial charge in [-0.3, -0.25) is 9.29 Å². The molecule has 2 aromatic heterocycles. The van der Waals surface area contributed by atoms with Crippen molar-refractivity contribution in [2.75, 3.05) is 17.8 Å². The molecule has 4 aromatic rings. The van der Waals surface area contributed by atoms with Crippen molar-refractivity contribution in [3.8, 4) is 0 Å². The van der Waals surface area contributed by atoms with E-state index in [0.29, 0.717) is 6.54 Å². The predicted octanol–water partition coefficient (Wildman–Crippen LogP) is 3.37. The van der Waals surface area contributed by atoms with E-state index in [1.807, 2.05) is 31.2 Å². The minimum Gasteiger partial charge on any atom is -0.408 e. The topological polar surface area (TPSA) is 119 Å². The molecule has 9 nitrogen and oxygen atoms in total. The van der Waals surface area contributed by atoms with Crippen LogP contribution in [0.4, 0.5) is 9.52 Å². The lowest BCUT2D eigenvalue weighted by Crippen LogP contribution is -2.24. The minimum absolute atomic E-state index is 0.00439. The van der Waals surface area contributed by atoms with Crippen molar-refractivity contribution in [3.63, 3.8) is 0 Å². The number of hydrogen-bond donors (Lipinski definition) is 2. The summed E-state index contributed by atoms with van der Waals surface area (Å²) >= 11 is 0.815. The molecule has 2 N–H and O–H groups in total. The lowest BCUT2D eigenvalue weighted by Gasteiger charge is -2.21. The van der Waals surface area contributed by atoms with Crippen LogP contribution in [0.1, 0.15) is 30.5 Å². The summed E-state index contributed by atoms with van der Waals surface area (Å²) in [6.45, 7) is 3.44. The van der Waals surface area contributed by atoms with Gasteiger partial charge >= 0.3 is 5.76 Å². The van der Waals surface area contributed by atoms with Crippen molar-refractivity contribution in [3.05, 3.63) is 76.3 Å². The van der Waals surface area contributed by atoms with Crippen molar-refractivity contribution < 1.29 is 17.2 Å². The fraction of sp³-hybridized carbons (Fsp3) is 0.227. The number of aromatic nitrogens is 3. The summed E-state index contributed by atoms with van der Waals surface area (Å²) in [6, 6.07) is 9.25. The molecule has 1 unspecified atom stereocenters. The number of halogens is 1. The Balaban J connectivity index is 1.59. The molecule has 2 aromatic carbocycles. The van der Waals surface area contributed by atoms with Gasteiger partial charge in [-0.2, -0.15) is 4.37 Å². The van der Waals surface area contributed by atoms with Gasteiger partial charge in [0.2, 0.25) is 5.13 Å². The monoisotopic (exact) mass is 501 g/mol. The number of hydrogen-bond acceptors (Lipinski definition) is 8. The van der Waals surface area contributed by atoms with Crippen LogP contribution in [-0.4, -0.2) is 35.4 Å². The molecule has 0 fully saturated rings. The van der Waals surface area contributed by atoms with Crippen molar-refractivity contribution in [2.45, 2.75) is 24.3 Å².